The number of hydrogen-bond donors (Lipinski definition) is 2. The molecule has 2 N–H and O–H groups in total. The molecule has 1 fully saturated rings. The highest BCUT2D eigenvalue weighted by molar-refractivity contribution is 4.63. The molecule has 1 aliphatic rings. The van der Waals surface area contributed by atoms with E-state index >= 15 is 0 Å². The molecule has 0 bridgehead atoms. The van der Waals surface area contributed by atoms with E-state index in [2.05, 4.69) is 5.48 Å². The molecule has 0 unspecified atom stereocenters. The van der Waals surface area contributed by atoms with Crippen molar-refractivity contribution in [1.82, 2.24) is 5.48 Å². The number of nitrogens with one attached hydrogen (secondary N) is 1. The Morgan fingerprint density at radius 3 is 1.77 bits per heavy atom. The zero-order chi connectivity index (χ0) is 9.36. The van der Waals surface area contributed by atoms with Gasteiger partial charge in [0, 0.05) is 6.54 Å². The van der Waals surface area contributed by atoms with Crippen molar-refractivity contribution < 1.29 is 5.21 Å². The minimum absolute atomic E-state index is 0.711. The van der Waals surface area contributed by atoms with Gasteiger partial charge in [0.1, 0.15) is 0 Å². The second-order valence-corrected chi connectivity index (χ2v) is 4.28. The van der Waals surface area contributed by atoms with Gasteiger partial charge in [0.05, 0.1) is 0 Å². The lowest BCUT2D eigenvalue weighted by molar-refractivity contribution is 0.142. The molecular formula is C11H23NO. The van der Waals surface area contributed by atoms with Gasteiger partial charge in [-0.25, -0.2) is 5.48 Å². The highest BCUT2D eigenvalue weighted by Crippen LogP contribution is 2.20. The molecule has 0 spiro atoms. The van der Waals surface area contributed by atoms with Gasteiger partial charge in [-0.05, 0) is 18.8 Å². The van der Waals surface area contributed by atoms with E-state index < -0.39 is 0 Å². The fraction of sp³-hybridized carbons (Fsp3) is 1.00. The Balaban J connectivity index is 2.18. The molecule has 1 aliphatic carbocycles. The molecule has 13 heavy (non-hydrogen) atoms. The molecule has 0 aliphatic heterocycles. The SMILES string of the molecule is ONCC1CCCCCCCCC1. The van der Waals surface area contributed by atoms with Crippen LogP contribution in [-0.4, -0.2) is 11.8 Å². The third-order valence-electron chi connectivity index (χ3n) is 3.10. The van der Waals surface area contributed by atoms with Crippen molar-refractivity contribution >= 4 is 0 Å². The molecule has 0 heterocycles. The van der Waals surface area contributed by atoms with E-state index in [9.17, 15) is 0 Å². The van der Waals surface area contributed by atoms with Gasteiger partial charge >= 0.3 is 0 Å². The van der Waals surface area contributed by atoms with Crippen LogP contribution in [0.15, 0.2) is 0 Å². The summed E-state index contributed by atoms with van der Waals surface area (Å²) in [6, 6.07) is 0. The molecule has 78 valence electrons. The maximum atomic E-state index is 8.66. The van der Waals surface area contributed by atoms with Gasteiger partial charge in [0.2, 0.25) is 0 Å². The van der Waals surface area contributed by atoms with E-state index in [-0.39, 0.29) is 0 Å². The average Bonchev–Trinajstić information content (AvgIpc) is 2.16. The minimum Gasteiger partial charge on any atom is -0.317 e. The summed E-state index contributed by atoms with van der Waals surface area (Å²) < 4.78 is 0. The van der Waals surface area contributed by atoms with Crippen molar-refractivity contribution in [1.29, 1.82) is 0 Å². The first-order chi connectivity index (χ1) is 6.43. The van der Waals surface area contributed by atoms with Crippen LogP contribution in [0, 0.1) is 5.92 Å². The van der Waals surface area contributed by atoms with Crippen LogP contribution < -0.4 is 5.48 Å². The highest BCUT2D eigenvalue weighted by Gasteiger charge is 2.08. The van der Waals surface area contributed by atoms with Crippen molar-refractivity contribution in [3.63, 3.8) is 0 Å². The summed E-state index contributed by atoms with van der Waals surface area (Å²) in [6.45, 7) is 0.792. The van der Waals surface area contributed by atoms with Gasteiger partial charge < -0.3 is 5.21 Å². The average molecular weight is 185 g/mol. The lowest BCUT2D eigenvalue weighted by atomic mass is 9.92. The second-order valence-electron chi connectivity index (χ2n) is 4.28. The third-order valence-corrected chi connectivity index (χ3v) is 3.10. The third kappa shape index (κ3) is 5.27. The Hall–Kier alpha value is -0.0800. The first kappa shape index (κ1) is 11.0. The Labute approximate surface area is 81.7 Å². The molecular weight excluding hydrogens is 162 g/mol. The molecule has 0 amide bonds. The molecule has 0 aromatic carbocycles. The van der Waals surface area contributed by atoms with Crippen molar-refractivity contribution in [2.24, 2.45) is 5.92 Å². The monoisotopic (exact) mass is 185 g/mol. The normalized spacial score (nSPS) is 22.8. The van der Waals surface area contributed by atoms with Gasteiger partial charge in [-0.2, -0.15) is 0 Å². The van der Waals surface area contributed by atoms with E-state index in [1.165, 1.54) is 57.8 Å². The summed E-state index contributed by atoms with van der Waals surface area (Å²) in [5, 5.41) is 8.66. The molecule has 0 saturated heterocycles. The van der Waals surface area contributed by atoms with E-state index in [0.29, 0.717) is 5.92 Å². The lowest BCUT2D eigenvalue weighted by Gasteiger charge is -2.17. The summed E-state index contributed by atoms with van der Waals surface area (Å²) in [6.07, 6.45) is 12.4. The van der Waals surface area contributed by atoms with Gasteiger partial charge in [-0.15, -0.1) is 0 Å². The Morgan fingerprint density at radius 1 is 0.846 bits per heavy atom. The summed E-state index contributed by atoms with van der Waals surface area (Å²) >= 11 is 0. The fourth-order valence-electron chi connectivity index (χ4n) is 2.23. The fourth-order valence-corrected chi connectivity index (χ4v) is 2.23. The highest BCUT2D eigenvalue weighted by atomic mass is 16.5. The van der Waals surface area contributed by atoms with E-state index in [4.69, 9.17) is 5.21 Å². The molecule has 2 nitrogen and oxygen atoms in total. The first-order valence-electron chi connectivity index (χ1n) is 5.80. The van der Waals surface area contributed by atoms with Crippen LogP contribution in [-0.2, 0) is 0 Å². The Morgan fingerprint density at radius 2 is 1.31 bits per heavy atom. The minimum atomic E-state index is 0.711. The predicted molar refractivity (Wildman–Crippen MR) is 54.8 cm³/mol. The number of hydroxylamine groups is 1. The van der Waals surface area contributed by atoms with Crippen LogP contribution >= 0.6 is 0 Å². The van der Waals surface area contributed by atoms with Gasteiger partial charge in [-0.3, -0.25) is 0 Å². The van der Waals surface area contributed by atoms with Crippen molar-refractivity contribution in [2.75, 3.05) is 6.54 Å². The zero-order valence-corrected chi connectivity index (χ0v) is 8.60. The number of rotatable bonds is 2. The second kappa shape index (κ2) is 7.34. The van der Waals surface area contributed by atoms with E-state index in [1.54, 1.807) is 0 Å². The predicted octanol–water partition coefficient (Wildman–Crippen LogP) is 3.11. The molecule has 2 heteroatoms. The first-order valence-corrected chi connectivity index (χ1v) is 5.80. The largest absolute Gasteiger partial charge is 0.317 e. The lowest BCUT2D eigenvalue weighted by Crippen LogP contribution is -2.19. The maximum absolute atomic E-state index is 8.66. The van der Waals surface area contributed by atoms with Crippen LogP contribution in [0.2, 0.25) is 0 Å². The summed E-state index contributed by atoms with van der Waals surface area (Å²) in [4.78, 5) is 0. The molecule has 1 saturated carbocycles. The molecule has 0 aromatic rings. The van der Waals surface area contributed by atoms with Crippen LogP contribution in [0.4, 0.5) is 0 Å². The van der Waals surface area contributed by atoms with Crippen molar-refractivity contribution in [2.45, 2.75) is 57.8 Å². The van der Waals surface area contributed by atoms with E-state index in [0.717, 1.165) is 6.54 Å². The van der Waals surface area contributed by atoms with Crippen LogP contribution in [0.5, 0.6) is 0 Å². The molecule has 0 radical (unpaired) electrons. The van der Waals surface area contributed by atoms with Crippen molar-refractivity contribution in [3.05, 3.63) is 0 Å². The van der Waals surface area contributed by atoms with Gasteiger partial charge in [0.15, 0.2) is 0 Å². The smallest absolute Gasteiger partial charge is 0.0235 e. The van der Waals surface area contributed by atoms with E-state index in [1.807, 2.05) is 0 Å². The molecule has 1 rings (SSSR count). The quantitative estimate of drug-likeness (QED) is 0.648. The summed E-state index contributed by atoms with van der Waals surface area (Å²) in [7, 11) is 0. The van der Waals surface area contributed by atoms with Crippen LogP contribution in [0.1, 0.15) is 57.8 Å². The molecule has 0 atom stereocenters. The summed E-state index contributed by atoms with van der Waals surface area (Å²) in [5.74, 6) is 0.711. The Kier molecular flexibility index (Phi) is 6.21. The van der Waals surface area contributed by atoms with Crippen LogP contribution in [0.25, 0.3) is 0 Å². The van der Waals surface area contributed by atoms with Crippen molar-refractivity contribution in [3.8, 4) is 0 Å². The number of hydrogen-bond acceptors (Lipinski definition) is 2. The summed E-state index contributed by atoms with van der Waals surface area (Å²) in [5.41, 5.74) is 2.32. The zero-order valence-electron chi connectivity index (χ0n) is 8.60. The standard InChI is InChI=1S/C11H23NO/c13-12-10-11-8-6-4-2-1-3-5-7-9-11/h11-13H,1-10H2. The van der Waals surface area contributed by atoms with Crippen LogP contribution in [0.3, 0.4) is 0 Å². The topological polar surface area (TPSA) is 32.3 Å². The van der Waals surface area contributed by atoms with Gasteiger partial charge in [-0.1, -0.05) is 44.9 Å². The molecule has 0 aromatic heterocycles. The van der Waals surface area contributed by atoms with Gasteiger partial charge in [0.25, 0.3) is 0 Å². The Bertz CT molecular complexity index is 107. The maximum Gasteiger partial charge on any atom is 0.0235 e.